The zero-order valence-electron chi connectivity index (χ0n) is 15.4. The fourth-order valence-corrected chi connectivity index (χ4v) is 3.43. The molecule has 0 saturated carbocycles. The Kier molecular flexibility index (Phi) is 4.96. The molecule has 6 heteroatoms. The largest absolute Gasteiger partial charge is 0.497 e. The molecule has 3 aromatic rings. The molecule has 0 atom stereocenters. The van der Waals surface area contributed by atoms with Crippen LogP contribution in [0.25, 0.3) is 11.1 Å². The smallest absolute Gasteiger partial charge is 0.317 e. The summed E-state index contributed by atoms with van der Waals surface area (Å²) < 4.78 is 11.0. The summed E-state index contributed by atoms with van der Waals surface area (Å²) in [4.78, 5) is 18.9. The minimum absolute atomic E-state index is 0.0261. The van der Waals surface area contributed by atoms with Crippen LogP contribution >= 0.6 is 0 Å². The van der Waals surface area contributed by atoms with Gasteiger partial charge in [0.15, 0.2) is 11.5 Å². The standard InChI is InChI=1S/C21H23N3O3/c1-26-17-8-6-15(7-9-17)14-22-21(25)24-12-10-16(11-13-24)20-23-18-4-2-3-5-19(18)27-20/h2-9,16H,10-14H2,1H3,(H,22,25). The second-order valence-corrected chi connectivity index (χ2v) is 6.79. The zero-order valence-corrected chi connectivity index (χ0v) is 15.4. The number of aromatic nitrogens is 1. The van der Waals surface area contributed by atoms with Gasteiger partial charge in [-0.05, 0) is 42.7 Å². The van der Waals surface area contributed by atoms with E-state index in [-0.39, 0.29) is 11.9 Å². The highest BCUT2D eigenvalue weighted by Gasteiger charge is 2.26. The third-order valence-electron chi connectivity index (χ3n) is 5.04. The second-order valence-electron chi connectivity index (χ2n) is 6.79. The number of fused-ring (bicyclic) bond motifs is 1. The van der Waals surface area contributed by atoms with E-state index in [2.05, 4.69) is 10.3 Å². The molecule has 140 valence electrons. The van der Waals surface area contributed by atoms with Gasteiger partial charge in [0.2, 0.25) is 0 Å². The third-order valence-corrected chi connectivity index (χ3v) is 5.04. The van der Waals surface area contributed by atoms with Gasteiger partial charge in [0.05, 0.1) is 7.11 Å². The highest BCUT2D eigenvalue weighted by atomic mass is 16.5. The highest BCUT2D eigenvalue weighted by molar-refractivity contribution is 5.74. The molecule has 0 aliphatic carbocycles. The maximum Gasteiger partial charge on any atom is 0.317 e. The summed E-state index contributed by atoms with van der Waals surface area (Å²) in [6.45, 7) is 1.92. The van der Waals surface area contributed by atoms with Crippen LogP contribution in [0.15, 0.2) is 52.9 Å². The lowest BCUT2D eigenvalue weighted by Crippen LogP contribution is -2.43. The van der Waals surface area contributed by atoms with E-state index in [1.54, 1.807) is 7.11 Å². The molecule has 0 spiro atoms. The lowest BCUT2D eigenvalue weighted by atomic mass is 9.97. The number of urea groups is 1. The van der Waals surface area contributed by atoms with Gasteiger partial charge in [-0.25, -0.2) is 9.78 Å². The summed E-state index contributed by atoms with van der Waals surface area (Å²) in [5, 5.41) is 2.99. The number of amides is 2. The summed E-state index contributed by atoms with van der Waals surface area (Å²) in [7, 11) is 1.64. The Bertz CT molecular complexity index is 879. The van der Waals surface area contributed by atoms with Gasteiger partial charge >= 0.3 is 6.03 Å². The van der Waals surface area contributed by atoms with Gasteiger partial charge in [0.1, 0.15) is 11.3 Å². The molecule has 1 aliphatic rings. The molecule has 0 bridgehead atoms. The van der Waals surface area contributed by atoms with Crippen LogP contribution in [0.3, 0.4) is 0 Å². The number of likely N-dealkylation sites (tertiary alicyclic amines) is 1. The molecule has 4 rings (SSSR count). The van der Waals surface area contributed by atoms with E-state index < -0.39 is 0 Å². The molecule has 1 aromatic heterocycles. The number of carbonyl (C=O) groups is 1. The number of rotatable bonds is 4. The van der Waals surface area contributed by atoms with Crippen LogP contribution < -0.4 is 10.1 Å². The molecule has 2 aromatic carbocycles. The molecular formula is C21H23N3O3. The summed E-state index contributed by atoms with van der Waals surface area (Å²) in [6.07, 6.45) is 1.73. The molecule has 0 radical (unpaired) electrons. The molecule has 2 heterocycles. The first-order valence-electron chi connectivity index (χ1n) is 9.24. The van der Waals surface area contributed by atoms with E-state index in [1.807, 2.05) is 53.4 Å². The van der Waals surface area contributed by atoms with Crippen molar-refractivity contribution in [3.05, 3.63) is 60.0 Å². The predicted octanol–water partition coefficient (Wildman–Crippen LogP) is 3.93. The molecule has 1 N–H and O–H groups in total. The second kappa shape index (κ2) is 7.70. The quantitative estimate of drug-likeness (QED) is 0.761. The van der Waals surface area contributed by atoms with Crippen molar-refractivity contribution in [2.45, 2.75) is 25.3 Å². The Balaban J connectivity index is 1.29. The Morgan fingerprint density at radius 2 is 1.93 bits per heavy atom. The topological polar surface area (TPSA) is 67.6 Å². The van der Waals surface area contributed by atoms with Crippen molar-refractivity contribution in [1.82, 2.24) is 15.2 Å². The van der Waals surface area contributed by atoms with Gasteiger partial charge in [-0.15, -0.1) is 0 Å². The first-order valence-corrected chi connectivity index (χ1v) is 9.24. The van der Waals surface area contributed by atoms with Gasteiger partial charge in [0.25, 0.3) is 0 Å². The Labute approximate surface area is 158 Å². The highest BCUT2D eigenvalue weighted by Crippen LogP contribution is 2.29. The number of carbonyl (C=O) groups excluding carboxylic acids is 1. The van der Waals surface area contributed by atoms with Crippen molar-refractivity contribution < 1.29 is 13.9 Å². The van der Waals surface area contributed by atoms with Crippen LogP contribution in [-0.2, 0) is 6.54 Å². The number of nitrogens with zero attached hydrogens (tertiary/aromatic N) is 2. The van der Waals surface area contributed by atoms with E-state index in [0.29, 0.717) is 19.6 Å². The van der Waals surface area contributed by atoms with E-state index in [1.165, 1.54) is 0 Å². The van der Waals surface area contributed by atoms with Crippen molar-refractivity contribution in [3.8, 4) is 5.75 Å². The van der Waals surface area contributed by atoms with Gasteiger partial charge in [-0.2, -0.15) is 0 Å². The number of nitrogens with one attached hydrogen (secondary N) is 1. The molecule has 6 nitrogen and oxygen atoms in total. The normalized spacial score (nSPS) is 15.1. The number of piperidine rings is 1. The average molecular weight is 365 g/mol. The van der Waals surface area contributed by atoms with Crippen LogP contribution in [0.1, 0.15) is 30.2 Å². The van der Waals surface area contributed by atoms with Gasteiger partial charge in [0, 0.05) is 25.6 Å². The Hall–Kier alpha value is -3.02. The monoisotopic (exact) mass is 365 g/mol. The minimum atomic E-state index is -0.0261. The Morgan fingerprint density at radius 1 is 1.19 bits per heavy atom. The molecule has 27 heavy (non-hydrogen) atoms. The number of hydrogen-bond acceptors (Lipinski definition) is 4. The maximum atomic E-state index is 12.4. The lowest BCUT2D eigenvalue weighted by molar-refractivity contribution is 0.177. The van der Waals surface area contributed by atoms with Crippen molar-refractivity contribution >= 4 is 17.1 Å². The van der Waals surface area contributed by atoms with E-state index in [4.69, 9.17) is 9.15 Å². The summed E-state index contributed by atoms with van der Waals surface area (Å²) in [5.74, 6) is 1.86. The van der Waals surface area contributed by atoms with E-state index >= 15 is 0 Å². The predicted molar refractivity (Wildman–Crippen MR) is 103 cm³/mol. The fraction of sp³-hybridized carbons (Fsp3) is 0.333. The van der Waals surface area contributed by atoms with E-state index in [9.17, 15) is 4.79 Å². The van der Waals surface area contributed by atoms with Gasteiger partial charge in [-0.3, -0.25) is 0 Å². The molecule has 2 amide bonds. The number of para-hydroxylation sites is 2. The van der Waals surface area contributed by atoms with Gasteiger partial charge in [-0.1, -0.05) is 24.3 Å². The van der Waals surface area contributed by atoms with Crippen LogP contribution in [0.2, 0.25) is 0 Å². The average Bonchev–Trinajstić information content (AvgIpc) is 3.17. The Morgan fingerprint density at radius 3 is 2.63 bits per heavy atom. The van der Waals surface area contributed by atoms with Crippen molar-refractivity contribution in [2.24, 2.45) is 0 Å². The fourth-order valence-electron chi connectivity index (χ4n) is 3.43. The minimum Gasteiger partial charge on any atom is -0.497 e. The number of methoxy groups -OCH3 is 1. The van der Waals surface area contributed by atoms with Gasteiger partial charge < -0.3 is 19.4 Å². The first kappa shape index (κ1) is 17.4. The van der Waals surface area contributed by atoms with Crippen LogP contribution in [0.4, 0.5) is 4.79 Å². The summed E-state index contributed by atoms with van der Waals surface area (Å²) in [6, 6.07) is 15.5. The first-order chi connectivity index (χ1) is 13.2. The number of benzene rings is 2. The van der Waals surface area contributed by atoms with Crippen molar-refractivity contribution in [2.75, 3.05) is 20.2 Å². The molecule has 1 saturated heterocycles. The molecule has 0 unspecified atom stereocenters. The number of hydrogen-bond donors (Lipinski definition) is 1. The number of ether oxygens (including phenoxy) is 1. The maximum absolute atomic E-state index is 12.4. The molecule has 1 fully saturated rings. The summed E-state index contributed by atoms with van der Waals surface area (Å²) in [5.41, 5.74) is 2.77. The van der Waals surface area contributed by atoms with Crippen molar-refractivity contribution in [3.63, 3.8) is 0 Å². The zero-order chi connectivity index (χ0) is 18.6. The van der Waals surface area contributed by atoms with Crippen LogP contribution in [0, 0.1) is 0 Å². The SMILES string of the molecule is COc1ccc(CNC(=O)N2CCC(c3nc4ccccc4o3)CC2)cc1. The summed E-state index contributed by atoms with van der Waals surface area (Å²) >= 11 is 0. The van der Waals surface area contributed by atoms with Crippen LogP contribution in [0.5, 0.6) is 5.75 Å². The lowest BCUT2D eigenvalue weighted by Gasteiger charge is -2.30. The molecular weight excluding hydrogens is 342 g/mol. The number of oxazole rings is 1. The third kappa shape index (κ3) is 3.89. The molecule has 1 aliphatic heterocycles. The van der Waals surface area contributed by atoms with Crippen LogP contribution in [-0.4, -0.2) is 36.1 Å². The van der Waals surface area contributed by atoms with E-state index in [0.717, 1.165) is 41.1 Å². The van der Waals surface area contributed by atoms with Crippen molar-refractivity contribution in [1.29, 1.82) is 0 Å².